The van der Waals surface area contributed by atoms with Crippen LogP contribution in [0.3, 0.4) is 0 Å². The van der Waals surface area contributed by atoms with Crippen LogP contribution in [0, 0.1) is 5.82 Å². The maximum Gasteiger partial charge on any atom is 0.123 e. The van der Waals surface area contributed by atoms with E-state index in [0.717, 1.165) is 17.5 Å². The Kier molecular flexibility index (Phi) is 4.34. The molecule has 0 aromatic heterocycles. The number of rotatable bonds is 4. The summed E-state index contributed by atoms with van der Waals surface area (Å²) in [5.41, 5.74) is 7.87. The Morgan fingerprint density at radius 2 is 1.83 bits per heavy atom. The van der Waals surface area contributed by atoms with Crippen molar-refractivity contribution in [1.29, 1.82) is 0 Å². The lowest BCUT2D eigenvalue weighted by molar-refractivity contribution is 0.616. The van der Waals surface area contributed by atoms with Gasteiger partial charge in [-0.3, -0.25) is 0 Å². The quantitative estimate of drug-likeness (QED) is 0.893. The van der Waals surface area contributed by atoms with Crippen molar-refractivity contribution in [1.82, 2.24) is 0 Å². The maximum atomic E-state index is 13.2. The lowest BCUT2D eigenvalue weighted by Crippen LogP contribution is -2.15. The van der Waals surface area contributed by atoms with Crippen LogP contribution in [0.25, 0.3) is 0 Å². The molecule has 0 saturated heterocycles. The highest BCUT2D eigenvalue weighted by Gasteiger charge is 2.11. The van der Waals surface area contributed by atoms with Gasteiger partial charge in [0, 0.05) is 10.9 Å². The standard InChI is InChI=1S/C15H15ClFN/c16-14-6-4-11(5-7-14)8-13(10-18)12-2-1-3-15(17)9-12/h1-7,9,13H,8,10,18H2. The third kappa shape index (κ3) is 3.31. The Morgan fingerprint density at radius 1 is 1.11 bits per heavy atom. The van der Waals surface area contributed by atoms with Crippen molar-refractivity contribution in [2.24, 2.45) is 5.73 Å². The molecule has 1 unspecified atom stereocenters. The molecule has 2 N–H and O–H groups in total. The van der Waals surface area contributed by atoms with E-state index in [2.05, 4.69) is 0 Å². The first-order valence-electron chi connectivity index (χ1n) is 5.89. The Labute approximate surface area is 111 Å². The summed E-state index contributed by atoms with van der Waals surface area (Å²) in [6, 6.07) is 14.3. The molecule has 0 amide bonds. The number of hydrogen-bond donors (Lipinski definition) is 1. The van der Waals surface area contributed by atoms with E-state index in [9.17, 15) is 4.39 Å². The third-order valence-electron chi connectivity index (χ3n) is 3.00. The van der Waals surface area contributed by atoms with Crippen LogP contribution in [0.2, 0.25) is 5.02 Å². The topological polar surface area (TPSA) is 26.0 Å². The highest BCUT2D eigenvalue weighted by atomic mass is 35.5. The van der Waals surface area contributed by atoms with Gasteiger partial charge in [0.1, 0.15) is 5.82 Å². The van der Waals surface area contributed by atoms with Crippen molar-refractivity contribution >= 4 is 11.6 Å². The molecule has 0 saturated carbocycles. The Morgan fingerprint density at radius 3 is 2.44 bits per heavy atom. The Hall–Kier alpha value is -1.38. The van der Waals surface area contributed by atoms with Crippen LogP contribution in [-0.2, 0) is 6.42 Å². The van der Waals surface area contributed by atoms with Crippen molar-refractivity contribution in [3.63, 3.8) is 0 Å². The van der Waals surface area contributed by atoms with Gasteiger partial charge in [-0.05, 0) is 48.4 Å². The van der Waals surface area contributed by atoms with Crippen LogP contribution < -0.4 is 5.73 Å². The number of nitrogens with two attached hydrogens (primary N) is 1. The zero-order valence-corrected chi connectivity index (χ0v) is 10.7. The second kappa shape index (κ2) is 5.98. The highest BCUT2D eigenvalue weighted by molar-refractivity contribution is 6.30. The summed E-state index contributed by atoms with van der Waals surface area (Å²) in [6.45, 7) is 0.492. The summed E-state index contributed by atoms with van der Waals surface area (Å²) < 4.78 is 13.2. The average Bonchev–Trinajstić information content (AvgIpc) is 2.38. The molecular formula is C15H15ClFN. The molecule has 2 aromatic carbocycles. The molecule has 18 heavy (non-hydrogen) atoms. The van der Waals surface area contributed by atoms with Gasteiger partial charge in [0.05, 0.1) is 0 Å². The molecule has 2 aromatic rings. The van der Waals surface area contributed by atoms with Crippen molar-refractivity contribution in [3.8, 4) is 0 Å². The Bertz CT molecular complexity index is 510. The molecule has 0 heterocycles. The van der Waals surface area contributed by atoms with Crippen molar-refractivity contribution < 1.29 is 4.39 Å². The number of hydrogen-bond acceptors (Lipinski definition) is 1. The second-order valence-electron chi connectivity index (χ2n) is 4.32. The fourth-order valence-corrected chi connectivity index (χ4v) is 2.13. The molecule has 2 rings (SSSR count). The highest BCUT2D eigenvalue weighted by Crippen LogP contribution is 2.21. The first-order valence-corrected chi connectivity index (χ1v) is 6.27. The van der Waals surface area contributed by atoms with E-state index in [1.165, 1.54) is 6.07 Å². The molecule has 1 nitrogen and oxygen atoms in total. The molecule has 0 aliphatic carbocycles. The van der Waals surface area contributed by atoms with E-state index in [1.54, 1.807) is 12.1 Å². The summed E-state index contributed by atoms with van der Waals surface area (Å²) in [4.78, 5) is 0. The molecule has 0 aliphatic heterocycles. The van der Waals surface area contributed by atoms with E-state index < -0.39 is 0 Å². The monoisotopic (exact) mass is 263 g/mol. The lowest BCUT2D eigenvalue weighted by Gasteiger charge is -2.15. The summed E-state index contributed by atoms with van der Waals surface area (Å²) in [6.07, 6.45) is 0.789. The molecule has 0 spiro atoms. The van der Waals surface area contributed by atoms with Gasteiger partial charge in [-0.15, -0.1) is 0 Å². The van der Waals surface area contributed by atoms with Crippen molar-refractivity contribution in [3.05, 3.63) is 70.5 Å². The van der Waals surface area contributed by atoms with Crippen LogP contribution in [0.1, 0.15) is 17.0 Å². The summed E-state index contributed by atoms with van der Waals surface area (Å²) >= 11 is 5.85. The van der Waals surface area contributed by atoms with Crippen molar-refractivity contribution in [2.75, 3.05) is 6.54 Å². The molecule has 0 bridgehead atoms. The minimum Gasteiger partial charge on any atom is -0.330 e. The zero-order valence-electron chi connectivity index (χ0n) is 9.94. The Balaban J connectivity index is 2.17. The van der Waals surface area contributed by atoms with E-state index in [1.807, 2.05) is 30.3 Å². The normalized spacial score (nSPS) is 12.4. The molecular weight excluding hydrogens is 249 g/mol. The fourth-order valence-electron chi connectivity index (χ4n) is 2.00. The summed E-state index contributed by atoms with van der Waals surface area (Å²) in [7, 11) is 0. The van der Waals surface area contributed by atoms with Gasteiger partial charge in [-0.1, -0.05) is 35.9 Å². The van der Waals surface area contributed by atoms with Crippen LogP contribution >= 0.6 is 11.6 Å². The predicted octanol–water partition coefficient (Wildman–Crippen LogP) is 3.76. The van der Waals surface area contributed by atoms with Gasteiger partial charge in [-0.25, -0.2) is 4.39 Å². The minimum absolute atomic E-state index is 0.127. The third-order valence-corrected chi connectivity index (χ3v) is 3.25. The van der Waals surface area contributed by atoms with E-state index in [0.29, 0.717) is 11.6 Å². The first-order chi connectivity index (χ1) is 8.69. The molecule has 1 atom stereocenters. The predicted molar refractivity (Wildman–Crippen MR) is 73.4 cm³/mol. The van der Waals surface area contributed by atoms with Gasteiger partial charge in [0.2, 0.25) is 0 Å². The van der Waals surface area contributed by atoms with E-state index in [-0.39, 0.29) is 11.7 Å². The fraction of sp³-hybridized carbons (Fsp3) is 0.200. The van der Waals surface area contributed by atoms with Gasteiger partial charge in [0.25, 0.3) is 0 Å². The van der Waals surface area contributed by atoms with Gasteiger partial charge in [-0.2, -0.15) is 0 Å². The molecule has 3 heteroatoms. The van der Waals surface area contributed by atoms with Crippen LogP contribution in [0.5, 0.6) is 0 Å². The summed E-state index contributed by atoms with van der Waals surface area (Å²) in [5.74, 6) is -0.0936. The van der Waals surface area contributed by atoms with E-state index in [4.69, 9.17) is 17.3 Å². The smallest absolute Gasteiger partial charge is 0.123 e. The first kappa shape index (κ1) is 13.1. The zero-order chi connectivity index (χ0) is 13.0. The molecule has 0 fully saturated rings. The number of halogens is 2. The van der Waals surface area contributed by atoms with Crippen molar-refractivity contribution in [2.45, 2.75) is 12.3 Å². The average molecular weight is 264 g/mol. The largest absolute Gasteiger partial charge is 0.330 e. The second-order valence-corrected chi connectivity index (χ2v) is 4.75. The van der Waals surface area contributed by atoms with Crippen LogP contribution in [0.15, 0.2) is 48.5 Å². The minimum atomic E-state index is -0.220. The lowest BCUT2D eigenvalue weighted by atomic mass is 9.92. The van der Waals surface area contributed by atoms with Crippen LogP contribution in [0.4, 0.5) is 4.39 Å². The summed E-state index contributed by atoms with van der Waals surface area (Å²) in [5, 5.41) is 0.716. The molecule has 0 radical (unpaired) electrons. The molecule has 94 valence electrons. The maximum absolute atomic E-state index is 13.2. The van der Waals surface area contributed by atoms with Crippen LogP contribution in [-0.4, -0.2) is 6.54 Å². The van der Waals surface area contributed by atoms with Gasteiger partial charge >= 0.3 is 0 Å². The molecule has 0 aliphatic rings. The van der Waals surface area contributed by atoms with E-state index >= 15 is 0 Å². The van der Waals surface area contributed by atoms with Gasteiger partial charge in [0.15, 0.2) is 0 Å². The number of benzene rings is 2. The van der Waals surface area contributed by atoms with Gasteiger partial charge < -0.3 is 5.73 Å². The SMILES string of the molecule is NCC(Cc1ccc(Cl)cc1)c1cccc(F)c1.